The van der Waals surface area contributed by atoms with Crippen molar-refractivity contribution >= 4 is 31.5 Å². The van der Waals surface area contributed by atoms with Gasteiger partial charge in [0.25, 0.3) is 0 Å². The Labute approximate surface area is 96.1 Å². The van der Waals surface area contributed by atoms with Crippen LogP contribution in [0.2, 0.25) is 29.7 Å². The summed E-state index contributed by atoms with van der Waals surface area (Å²) < 4.78 is 5.75. The molecule has 0 amide bonds. The minimum absolute atomic E-state index is 0.508. The second-order valence-corrected chi connectivity index (χ2v) is 9.43. The van der Waals surface area contributed by atoms with Crippen LogP contribution in [0.1, 0.15) is 5.56 Å². The van der Waals surface area contributed by atoms with E-state index in [0.717, 1.165) is 5.56 Å². The van der Waals surface area contributed by atoms with Gasteiger partial charge in [-0.1, -0.05) is 29.3 Å². The highest BCUT2D eigenvalue weighted by atomic mass is 35.5. The van der Waals surface area contributed by atoms with E-state index in [1.165, 1.54) is 0 Å². The zero-order valence-corrected chi connectivity index (χ0v) is 11.1. The smallest absolute Gasteiger partial charge is 0.184 e. The third-order valence-electron chi connectivity index (χ3n) is 1.71. The minimum Gasteiger partial charge on any atom is -0.413 e. The van der Waals surface area contributed by atoms with Crippen molar-refractivity contribution in [1.29, 1.82) is 0 Å². The Bertz CT molecular complexity index is 300. The maximum Gasteiger partial charge on any atom is 0.184 e. The second kappa shape index (κ2) is 4.66. The van der Waals surface area contributed by atoms with Gasteiger partial charge in [-0.15, -0.1) is 0 Å². The molecular weight excluding hydrogens is 235 g/mol. The molecule has 0 saturated heterocycles. The Morgan fingerprint density at radius 3 is 2.07 bits per heavy atom. The van der Waals surface area contributed by atoms with Crippen molar-refractivity contribution in [2.75, 3.05) is 0 Å². The van der Waals surface area contributed by atoms with Gasteiger partial charge in [-0.3, -0.25) is 0 Å². The van der Waals surface area contributed by atoms with Crippen LogP contribution < -0.4 is 0 Å². The molecule has 0 spiro atoms. The van der Waals surface area contributed by atoms with E-state index < -0.39 is 8.32 Å². The van der Waals surface area contributed by atoms with Crippen molar-refractivity contribution in [2.45, 2.75) is 26.2 Å². The molecule has 1 nitrogen and oxygen atoms in total. The highest BCUT2D eigenvalue weighted by molar-refractivity contribution is 6.69. The molecule has 0 radical (unpaired) electrons. The van der Waals surface area contributed by atoms with Gasteiger partial charge in [0.2, 0.25) is 0 Å². The number of hydrogen-bond donors (Lipinski definition) is 0. The van der Waals surface area contributed by atoms with E-state index in [9.17, 15) is 0 Å². The van der Waals surface area contributed by atoms with Crippen molar-refractivity contribution < 1.29 is 4.43 Å². The summed E-state index contributed by atoms with van der Waals surface area (Å²) in [6, 6.07) is 5.50. The minimum atomic E-state index is -1.50. The van der Waals surface area contributed by atoms with Gasteiger partial charge in [0.05, 0.1) is 6.61 Å². The van der Waals surface area contributed by atoms with Crippen molar-refractivity contribution in [2.24, 2.45) is 0 Å². The van der Waals surface area contributed by atoms with Crippen LogP contribution in [-0.4, -0.2) is 8.32 Å². The Morgan fingerprint density at radius 2 is 1.64 bits per heavy atom. The van der Waals surface area contributed by atoms with E-state index in [4.69, 9.17) is 27.6 Å². The lowest BCUT2D eigenvalue weighted by Gasteiger charge is -2.18. The second-order valence-electron chi connectivity index (χ2n) is 4.10. The van der Waals surface area contributed by atoms with Crippen molar-refractivity contribution in [3.63, 3.8) is 0 Å². The van der Waals surface area contributed by atoms with Crippen molar-refractivity contribution in [1.82, 2.24) is 0 Å². The SMILES string of the molecule is C[Si](C)(C)OCc1c(Cl)cccc1Cl. The summed E-state index contributed by atoms with van der Waals surface area (Å²) in [5, 5.41) is 1.35. The lowest BCUT2D eigenvalue weighted by atomic mass is 10.2. The predicted octanol–water partition coefficient (Wildman–Crippen LogP) is 4.34. The molecule has 1 aromatic carbocycles. The van der Waals surface area contributed by atoms with Gasteiger partial charge in [0.1, 0.15) is 0 Å². The van der Waals surface area contributed by atoms with E-state index in [1.54, 1.807) is 0 Å². The van der Waals surface area contributed by atoms with E-state index >= 15 is 0 Å². The largest absolute Gasteiger partial charge is 0.413 e. The maximum atomic E-state index is 6.01. The molecule has 1 aromatic rings. The van der Waals surface area contributed by atoms with E-state index in [2.05, 4.69) is 19.6 Å². The van der Waals surface area contributed by atoms with Gasteiger partial charge in [0, 0.05) is 15.6 Å². The Balaban J connectivity index is 2.77. The summed E-state index contributed by atoms with van der Waals surface area (Å²) in [6.07, 6.45) is 0. The fourth-order valence-electron chi connectivity index (χ4n) is 0.959. The molecule has 0 saturated carbocycles. The van der Waals surface area contributed by atoms with Crippen LogP contribution >= 0.6 is 23.2 Å². The Hall–Kier alpha value is -0.0231. The van der Waals surface area contributed by atoms with Crippen LogP contribution in [0.5, 0.6) is 0 Å². The molecule has 0 unspecified atom stereocenters. The molecule has 1 rings (SSSR count). The Morgan fingerprint density at radius 1 is 1.14 bits per heavy atom. The van der Waals surface area contributed by atoms with E-state index in [-0.39, 0.29) is 0 Å². The molecule has 4 heteroatoms. The molecular formula is C10H14Cl2OSi. The molecule has 0 heterocycles. The van der Waals surface area contributed by atoms with Crippen molar-refractivity contribution in [3.05, 3.63) is 33.8 Å². The van der Waals surface area contributed by atoms with E-state index in [0.29, 0.717) is 16.7 Å². The van der Waals surface area contributed by atoms with Crippen LogP contribution in [0.25, 0.3) is 0 Å². The van der Waals surface area contributed by atoms with Crippen LogP contribution in [0.3, 0.4) is 0 Å². The van der Waals surface area contributed by atoms with Crippen LogP contribution in [0.4, 0.5) is 0 Å². The third kappa shape index (κ3) is 3.62. The average Bonchev–Trinajstić information content (AvgIpc) is 2.01. The third-order valence-corrected chi connectivity index (χ3v) is 3.43. The molecule has 0 fully saturated rings. The molecule has 0 aliphatic rings. The molecule has 0 aliphatic heterocycles. The first-order chi connectivity index (χ1) is 6.40. The fraction of sp³-hybridized carbons (Fsp3) is 0.400. The maximum absolute atomic E-state index is 6.01. The van der Waals surface area contributed by atoms with Gasteiger partial charge >= 0.3 is 0 Å². The highest BCUT2D eigenvalue weighted by Crippen LogP contribution is 2.25. The first-order valence-electron chi connectivity index (χ1n) is 4.47. The summed E-state index contributed by atoms with van der Waals surface area (Å²) >= 11 is 12.0. The summed E-state index contributed by atoms with van der Waals surface area (Å²) in [5.41, 5.74) is 0.887. The van der Waals surface area contributed by atoms with Gasteiger partial charge in [-0.2, -0.15) is 0 Å². The summed E-state index contributed by atoms with van der Waals surface area (Å²) in [6.45, 7) is 6.92. The van der Waals surface area contributed by atoms with Gasteiger partial charge in [-0.05, 0) is 31.8 Å². The molecule has 78 valence electrons. The summed E-state index contributed by atoms with van der Waals surface area (Å²) in [7, 11) is -1.50. The molecule has 0 atom stereocenters. The van der Waals surface area contributed by atoms with Crippen LogP contribution in [0.15, 0.2) is 18.2 Å². The van der Waals surface area contributed by atoms with Crippen LogP contribution in [0, 0.1) is 0 Å². The predicted molar refractivity (Wildman–Crippen MR) is 64.6 cm³/mol. The fourth-order valence-corrected chi connectivity index (χ4v) is 2.04. The number of rotatable bonds is 3. The molecule has 0 bridgehead atoms. The standard InChI is InChI=1S/C10H14Cl2OSi/c1-14(2,3)13-7-8-9(11)5-4-6-10(8)12/h4-6H,7H2,1-3H3. The highest BCUT2D eigenvalue weighted by Gasteiger charge is 2.15. The van der Waals surface area contributed by atoms with Gasteiger partial charge in [0.15, 0.2) is 8.32 Å². The number of hydrogen-bond acceptors (Lipinski definition) is 1. The Kier molecular flexibility index (Phi) is 4.01. The number of halogens is 2. The monoisotopic (exact) mass is 248 g/mol. The number of benzene rings is 1. The average molecular weight is 249 g/mol. The quantitative estimate of drug-likeness (QED) is 0.724. The first kappa shape index (κ1) is 12.0. The lowest BCUT2D eigenvalue weighted by Crippen LogP contribution is -2.25. The zero-order chi connectivity index (χ0) is 10.8. The van der Waals surface area contributed by atoms with Crippen molar-refractivity contribution in [3.8, 4) is 0 Å². The molecule has 0 N–H and O–H groups in total. The van der Waals surface area contributed by atoms with E-state index in [1.807, 2.05) is 18.2 Å². The van der Waals surface area contributed by atoms with Gasteiger partial charge < -0.3 is 4.43 Å². The normalized spacial score (nSPS) is 11.8. The first-order valence-corrected chi connectivity index (χ1v) is 8.63. The summed E-state index contributed by atoms with van der Waals surface area (Å²) in [5.74, 6) is 0. The summed E-state index contributed by atoms with van der Waals surface area (Å²) in [4.78, 5) is 0. The lowest BCUT2D eigenvalue weighted by molar-refractivity contribution is 0.299. The molecule has 0 aliphatic carbocycles. The van der Waals surface area contributed by atoms with Crippen LogP contribution in [-0.2, 0) is 11.0 Å². The topological polar surface area (TPSA) is 9.23 Å². The zero-order valence-electron chi connectivity index (χ0n) is 8.60. The van der Waals surface area contributed by atoms with Gasteiger partial charge in [-0.25, -0.2) is 0 Å². The molecule has 14 heavy (non-hydrogen) atoms. The molecule has 0 aromatic heterocycles.